The summed E-state index contributed by atoms with van der Waals surface area (Å²) in [5.74, 6) is 0.717. The summed E-state index contributed by atoms with van der Waals surface area (Å²) in [4.78, 5) is 13.7. The van der Waals surface area contributed by atoms with Crippen LogP contribution < -0.4 is 0 Å². The molecule has 0 spiro atoms. The van der Waals surface area contributed by atoms with Crippen LogP contribution in [0.1, 0.15) is 11.1 Å². The van der Waals surface area contributed by atoms with Crippen LogP contribution in [0.5, 0.6) is 0 Å². The summed E-state index contributed by atoms with van der Waals surface area (Å²) in [6.07, 6.45) is 3.81. The van der Waals surface area contributed by atoms with Gasteiger partial charge in [-0.25, -0.2) is 0 Å². The van der Waals surface area contributed by atoms with Gasteiger partial charge in [-0.3, -0.25) is 9.97 Å². The maximum atomic E-state index is 4.73. The Bertz CT molecular complexity index is 1880. The summed E-state index contributed by atoms with van der Waals surface area (Å²) in [6.45, 7) is 4.17. The molecular formula is C35H25IrN3-2. The van der Waals surface area contributed by atoms with E-state index in [1.807, 2.05) is 54.9 Å². The zero-order valence-corrected chi connectivity index (χ0v) is 24.0. The molecular weight excluding hydrogens is 655 g/mol. The van der Waals surface area contributed by atoms with E-state index in [4.69, 9.17) is 4.98 Å². The molecule has 5 aromatic carbocycles. The number of hydrogen-bond donors (Lipinski definition) is 0. The first-order valence-corrected chi connectivity index (χ1v) is 12.6. The van der Waals surface area contributed by atoms with Crippen molar-refractivity contribution in [2.75, 3.05) is 0 Å². The average molecular weight is 680 g/mol. The third-order valence-electron chi connectivity index (χ3n) is 6.48. The molecule has 0 amide bonds. The number of aryl methyl sites for hydroxylation is 2. The summed E-state index contributed by atoms with van der Waals surface area (Å²) in [6, 6.07) is 41.4. The Morgan fingerprint density at radius 1 is 0.615 bits per heavy atom. The van der Waals surface area contributed by atoms with Crippen LogP contribution in [0.25, 0.3) is 55.1 Å². The average Bonchev–Trinajstić information content (AvgIpc) is 2.97. The molecule has 0 saturated carbocycles. The van der Waals surface area contributed by atoms with Crippen LogP contribution in [0, 0.1) is 26.0 Å². The Labute approximate surface area is 242 Å². The van der Waals surface area contributed by atoms with Gasteiger partial charge in [0.15, 0.2) is 0 Å². The fourth-order valence-electron chi connectivity index (χ4n) is 4.69. The van der Waals surface area contributed by atoms with E-state index >= 15 is 0 Å². The van der Waals surface area contributed by atoms with E-state index < -0.39 is 0 Å². The molecule has 0 aliphatic rings. The van der Waals surface area contributed by atoms with Gasteiger partial charge in [0.25, 0.3) is 0 Å². The molecule has 0 unspecified atom stereocenters. The minimum absolute atomic E-state index is 0. The van der Waals surface area contributed by atoms with Crippen LogP contribution in [0.3, 0.4) is 0 Å². The van der Waals surface area contributed by atoms with Gasteiger partial charge < -0.3 is 4.98 Å². The van der Waals surface area contributed by atoms with E-state index in [0.717, 1.165) is 44.5 Å². The van der Waals surface area contributed by atoms with Gasteiger partial charge in [0, 0.05) is 43.3 Å². The molecule has 191 valence electrons. The number of benzene rings is 5. The number of nitrogens with zero attached hydrogens (tertiary/aromatic N) is 3. The van der Waals surface area contributed by atoms with Gasteiger partial charge >= 0.3 is 0 Å². The summed E-state index contributed by atoms with van der Waals surface area (Å²) in [7, 11) is 0. The Morgan fingerprint density at radius 3 is 2.13 bits per heavy atom. The fraction of sp³-hybridized carbons (Fsp3) is 0.0571. The zero-order valence-electron chi connectivity index (χ0n) is 21.6. The van der Waals surface area contributed by atoms with Crippen LogP contribution in [0.4, 0.5) is 0 Å². The van der Waals surface area contributed by atoms with E-state index in [2.05, 4.69) is 96.6 Å². The molecule has 0 aliphatic carbocycles. The normalized spacial score (nSPS) is 10.6. The summed E-state index contributed by atoms with van der Waals surface area (Å²) < 4.78 is 0. The molecule has 0 N–H and O–H groups in total. The molecule has 0 fully saturated rings. The van der Waals surface area contributed by atoms with Crippen LogP contribution in [-0.2, 0) is 20.1 Å². The van der Waals surface area contributed by atoms with Crippen molar-refractivity contribution < 1.29 is 20.1 Å². The maximum absolute atomic E-state index is 4.73. The van der Waals surface area contributed by atoms with Gasteiger partial charge in [-0.2, -0.15) is 0 Å². The number of fused-ring (bicyclic) bond motifs is 4. The van der Waals surface area contributed by atoms with Crippen molar-refractivity contribution in [1.82, 2.24) is 15.0 Å². The van der Waals surface area contributed by atoms with Crippen LogP contribution in [0.2, 0.25) is 0 Å². The smallest absolute Gasteiger partial charge is 0.0756 e. The second kappa shape index (κ2) is 11.7. The van der Waals surface area contributed by atoms with Crippen molar-refractivity contribution in [1.29, 1.82) is 0 Å². The molecule has 3 nitrogen and oxygen atoms in total. The quantitative estimate of drug-likeness (QED) is 0.136. The van der Waals surface area contributed by atoms with E-state index in [1.165, 1.54) is 21.7 Å². The maximum Gasteiger partial charge on any atom is 0.0756 e. The molecule has 0 saturated heterocycles. The molecule has 2 heterocycles. The molecule has 4 heteroatoms. The van der Waals surface area contributed by atoms with Gasteiger partial charge in [0.05, 0.1) is 11.3 Å². The molecule has 0 bridgehead atoms. The summed E-state index contributed by atoms with van der Waals surface area (Å²) in [5.41, 5.74) is 6.36. The number of aromatic nitrogens is 3. The topological polar surface area (TPSA) is 38.7 Å². The Kier molecular flexibility index (Phi) is 7.88. The van der Waals surface area contributed by atoms with Crippen molar-refractivity contribution in [3.8, 4) is 22.6 Å². The van der Waals surface area contributed by atoms with Crippen molar-refractivity contribution >= 4 is 32.4 Å². The van der Waals surface area contributed by atoms with Crippen molar-refractivity contribution in [3.05, 3.63) is 139 Å². The van der Waals surface area contributed by atoms with Gasteiger partial charge in [-0.1, -0.05) is 80.6 Å². The number of pyridine rings is 1. The fourth-order valence-corrected chi connectivity index (χ4v) is 4.69. The van der Waals surface area contributed by atoms with Crippen molar-refractivity contribution in [2.45, 2.75) is 13.8 Å². The Hall–Kier alpha value is -4.24. The number of hydrogen-bond acceptors (Lipinski definition) is 3. The first-order chi connectivity index (χ1) is 18.6. The SMILES string of the molecule is Cc1[c-]c(-c2cc3ccccc3cn2)cc(C)c1.[Ir].[c-]1ccccc1-c1ncc2ccc3ccccc3c2n1. The molecule has 0 aliphatic heterocycles. The molecule has 7 rings (SSSR count). The molecule has 7 aromatic rings. The Balaban J connectivity index is 0.000000155. The van der Waals surface area contributed by atoms with Crippen molar-refractivity contribution in [2.24, 2.45) is 0 Å². The standard InChI is InChI=1S/C18H11N2.C17H14N.Ir/c1-2-7-14(8-3-1)18-19-12-15-11-10-13-6-4-5-9-16(13)17(15)20-18;1-12-7-13(2)9-16(8-12)17-10-14-5-3-4-6-15(14)11-18-17;/h1-7,9-12H;3-8,10-11H,1-2H3;/q2*-1;. The second-order valence-electron chi connectivity index (χ2n) is 9.37. The Morgan fingerprint density at radius 2 is 1.33 bits per heavy atom. The minimum atomic E-state index is 0. The first kappa shape index (κ1) is 26.4. The monoisotopic (exact) mass is 680 g/mol. The predicted molar refractivity (Wildman–Crippen MR) is 157 cm³/mol. The van der Waals surface area contributed by atoms with E-state index in [1.54, 1.807) is 0 Å². The molecule has 2 aromatic heterocycles. The second-order valence-corrected chi connectivity index (χ2v) is 9.37. The van der Waals surface area contributed by atoms with Crippen molar-refractivity contribution in [3.63, 3.8) is 0 Å². The van der Waals surface area contributed by atoms with E-state index in [0.29, 0.717) is 0 Å². The van der Waals surface area contributed by atoms with Gasteiger partial charge in [-0.05, 0) is 21.9 Å². The zero-order chi connectivity index (χ0) is 25.9. The van der Waals surface area contributed by atoms with Gasteiger partial charge in [0.1, 0.15) is 0 Å². The summed E-state index contributed by atoms with van der Waals surface area (Å²) in [5, 5.41) is 5.80. The van der Waals surface area contributed by atoms with E-state index in [-0.39, 0.29) is 20.1 Å². The molecule has 0 atom stereocenters. The molecule has 1 radical (unpaired) electrons. The largest absolute Gasteiger partial charge is 0.304 e. The minimum Gasteiger partial charge on any atom is -0.304 e. The predicted octanol–water partition coefficient (Wildman–Crippen LogP) is 8.57. The van der Waals surface area contributed by atoms with Crippen LogP contribution in [-0.4, -0.2) is 15.0 Å². The van der Waals surface area contributed by atoms with Gasteiger partial charge in [-0.15, -0.1) is 70.8 Å². The third kappa shape index (κ3) is 5.78. The first-order valence-electron chi connectivity index (χ1n) is 12.6. The van der Waals surface area contributed by atoms with Crippen LogP contribution in [0.15, 0.2) is 116 Å². The van der Waals surface area contributed by atoms with Gasteiger partial charge in [0.2, 0.25) is 0 Å². The molecule has 39 heavy (non-hydrogen) atoms. The number of rotatable bonds is 2. The van der Waals surface area contributed by atoms with E-state index in [9.17, 15) is 0 Å². The summed E-state index contributed by atoms with van der Waals surface area (Å²) >= 11 is 0. The third-order valence-corrected chi connectivity index (χ3v) is 6.48. The van der Waals surface area contributed by atoms with Crippen LogP contribution >= 0.6 is 0 Å².